The van der Waals surface area contributed by atoms with E-state index in [0.717, 1.165) is 5.56 Å². The summed E-state index contributed by atoms with van der Waals surface area (Å²) in [6.07, 6.45) is 0.0862. The highest BCUT2D eigenvalue weighted by Gasteiger charge is 2.13. The van der Waals surface area contributed by atoms with Crippen molar-refractivity contribution in [3.05, 3.63) is 33.3 Å². The van der Waals surface area contributed by atoms with Crippen molar-refractivity contribution in [2.75, 3.05) is 7.11 Å². The first-order chi connectivity index (χ1) is 7.63. The molecule has 5 heteroatoms. The Morgan fingerprint density at radius 3 is 2.69 bits per heavy atom. The van der Waals surface area contributed by atoms with Crippen molar-refractivity contribution in [3.63, 3.8) is 0 Å². The van der Waals surface area contributed by atoms with E-state index in [2.05, 4.69) is 26.7 Å². The van der Waals surface area contributed by atoms with Crippen molar-refractivity contribution < 1.29 is 9.53 Å². The number of ether oxygens (including phenoxy) is 1. The number of nitrogens with zero attached hydrogens (tertiary/aromatic N) is 1. The number of benzene rings is 1. The molecule has 0 aliphatic carbocycles. The molecule has 0 spiro atoms. The Morgan fingerprint density at radius 2 is 2.19 bits per heavy atom. The van der Waals surface area contributed by atoms with Gasteiger partial charge in [0.25, 0.3) is 0 Å². The van der Waals surface area contributed by atoms with E-state index in [0.29, 0.717) is 22.1 Å². The van der Waals surface area contributed by atoms with Crippen LogP contribution in [0.15, 0.2) is 16.6 Å². The maximum absolute atomic E-state index is 11.1. The van der Waals surface area contributed by atoms with Gasteiger partial charge in [0.2, 0.25) is 0 Å². The first-order valence-corrected chi connectivity index (χ1v) is 5.40. The molecule has 0 radical (unpaired) electrons. The Morgan fingerprint density at radius 1 is 1.56 bits per heavy atom. The van der Waals surface area contributed by atoms with E-state index < -0.39 is 0 Å². The van der Waals surface area contributed by atoms with Gasteiger partial charge in [-0.05, 0) is 27.1 Å². The number of methoxy groups -OCH3 is 1. The topological polar surface area (TPSA) is 76.1 Å². The summed E-state index contributed by atoms with van der Waals surface area (Å²) in [5.41, 5.74) is 7.43. The molecular weight excluding hydrogens is 272 g/mol. The number of carbonyl (C=O) groups is 1. The van der Waals surface area contributed by atoms with Gasteiger partial charge in [0.15, 0.2) is 0 Å². The molecule has 0 aromatic heterocycles. The van der Waals surface area contributed by atoms with E-state index in [1.165, 1.54) is 7.11 Å². The molecule has 0 atom stereocenters. The summed E-state index contributed by atoms with van der Waals surface area (Å²) in [6, 6.07) is 5.58. The van der Waals surface area contributed by atoms with Gasteiger partial charge in [-0.25, -0.2) is 0 Å². The second-order valence-corrected chi connectivity index (χ2v) is 3.93. The zero-order valence-corrected chi connectivity index (χ0v) is 10.4. The lowest BCUT2D eigenvalue weighted by atomic mass is 10.0. The minimum atomic E-state index is -0.371. The van der Waals surface area contributed by atoms with Gasteiger partial charge >= 0.3 is 5.97 Å². The van der Waals surface area contributed by atoms with Crippen LogP contribution in [-0.4, -0.2) is 13.1 Å². The number of nitrogens with two attached hydrogens (primary N) is 1. The predicted molar refractivity (Wildman–Crippen MR) is 62.5 cm³/mol. The van der Waals surface area contributed by atoms with Crippen molar-refractivity contribution >= 4 is 21.9 Å². The summed E-state index contributed by atoms with van der Waals surface area (Å²) in [5.74, 6) is -0.371. The maximum atomic E-state index is 11.1. The zero-order valence-electron chi connectivity index (χ0n) is 8.79. The minimum absolute atomic E-state index is 0.0862. The normalized spacial score (nSPS) is 9.62. The van der Waals surface area contributed by atoms with Crippen molar-refractivity contribution in [2.24, 2.45) is 5.73 Å². The minimum Gasteiger partial charge on any atom is -0.469 e. The molecule has 0 bridgehead atoms. The molecule has 0 unspecified atom stereocenters. The number of halogens is 1. The lowest BCUT2D eigenvalue weighted by molar-refractivity contribution is -0.139. The number of rotatable bonds is 3. The van der Waals surface area contributed by atoms with Gasteiger partial charge in [-0.1, -0.05) is 12.1 Å². The Bertz CT molecular complexity index is 452. The lowest BCUT2D eigenvalue weighted by Gasteiger charge is -2.08. The molecule has 2 N–H and O–H groups in total. The van der Waals surface area contributed by atoms with Gasteiger partial charge in [-0.2, -0.15) is 5.26 Å². The van der Waals surface area contributed by atoms with E-state index in [4.69, 9.17) is 11.0 Å². The quantitative estimate of drug-likeness (QED) is 0.853. The molecule has 16 heavy (non-hydrogen) atoms. The molecular formula is C11H11BrN2O2. The number of hydrogen-bond acceptors (Lipinski definition) is 4. The third kappa shape index (κ3) is 2.60. The van der Waals surface area contributed by atoms with Crippen LogP contribution in [0.1, 0.15) is 16.7 Å². The number of hydrogen-bond donors (Lipinski definition) is 1. The second kappa shape index (κ2) is 5.64. The summed E-state index contributed by atoms with van der Waals surface area (Å²) in [5, 5.41) is 9.03. The van der Waals surface area contributed by atoms with Crippen molar-refractivity contribution in [1.82, 2.24) is 0 Å². The summed E-state index contributed by atoms with van der Waals surface area (Å²) < 4.78 is 5.21. The van der Waals surface area contributed by atoms with Gasteiger partial charge in [-0.3, -0.25) is 4.79 Å². The predicted octanol–water partition coefficient (Wildman–Crippen LogP) is 1.49. The summed E-state index contributed by atoms with van der Waals surface area (Å²) in [4.78, 5) is 11.1. The number of nitriles is 1. The van der Waals surface area contributed by atoms with Gasteiger partial charge in [0, 0.05) is 11.0 Å². The fraction of sp³-hybridized carbons (Fsp3) is 0.273. The van der Waals surface area contributed by atoms with Crippen LogP contribution in [0.3, 0.4) is 0 Å². The van der Waals surface area contributed by atoms with Gasteiger partial charge in [0.1, 0.15) is 6.07 Å². The SMILES string of the molecule is COC(=O)Cc1ccc(CN)c(Br)c1C#N. The van der Waals surface area contributed by atoms with Crippen molar-refractivity contribution in [3.8, 4) is 6.07 Å². The van der Waals surface area contributed by atoms with Crippen molar-refractivity contribution in [2.45, 2.75) is 13.0 Å². The number of esters is 1. The highest BCUT2D eigenvalue weighted by molar-refractivity contribution is 9.10. The zero-order chi connectivity index (χ0) is 12.1. The van der Waals surface area contributed by atoms with Crippen molar-refractivity contribution in [1.29, 1.82) is 5.26 Å². The third-order valence-electron chi connectivity index (χ3n) is 2.20. The average molecular weight is 283 g/mol. The molecule has 1 aromatic carbocycles. The fourth-order valence-corrected chi connectivity index (χ4v) is 1.95. The Kier molecular flexibility index (Phi) is 4.47. The molecule has 1 rings (SSSR count). The van der Waals surface area contributed by atoms with Crippen LogP contribution in [0.2, 0.25) is 0 Å². The standard InChI is InChI=1S/C11H11BrN2O2/c1-16-10(15)4-7-2-3-8(5-13)11(12)9(7)6-14/h2-3H,4-5,13H2,1H3. The van der Waals surface area contributed by atoms with Crippen LogP contribution >= 0.6 is 15.9 Å². The molecule has 0 saturated heterocycles. The molecule has 0 saturated carbocycles. The van der Waals surface area contributed by atoms with Gasteiger partial charge in [-0.15, -0.1) is 0 Å². The molecule has 0 aliphatic rings. The van der Waals surface area contributed by atoms with E-state index in [-0.39, 0.29) is 12.4 Å². The van der Waals surface area contributed by atoms with Crippen LogP contribution in [0.4, 0.5) is 0 Å². The third-order valence-corrected chi connectivity index (χ3v) is 3.11. The monoisotopic (exact) mass is 282 g/mol. The van der Waals surface area contributed by atoms with E-state index in [1.54, 1.807) is 12.1 Å². The molecule has 1 aromatic rings. The first-order valence-electron chi connectivity index (χ1n) is 4.61. The van der Waals surface area contributed by atoms with Crippen LogP contribution in [0.25, 0.3) is 0 Å². The largest absolute Gasteiger partial charge is 0.469 e. The summed E-state index contributed by atoms with van der Waals surface area (Å²) in [6.45, 7) is 0.341. The molecule has 0 heterocycles. The van der Waals surface area contributed by atoms with Crippen LogP contribution in [0, 0.1) is 11.3 Å². The highest BCUT2D eigenvalue weighted by atomic mass is 79.9. The van der Waals surface area contributed by atoms with Crippen LogP contribution in [0.5, 0.6) is 0 Å². The molecule has 84 valence electrons. The molecule has 0 amide bonds. The van der Waals surface area contributed by atoms with Gasteiger partial charge < -0.3 is 10.5 Å². The number of carbonyl (C=O) groups excluding carboxylic acids is 1. The van der Waals surface area contributed by atoms with E-state index in [1.807, 2.05) is 0 Å². The molecule has 0 aliphatic heterocycles. The van der Waals surface area contributed by atoms with Gasteiger partial charge in [0.05, 0.1) is 19.1 Å². The van der Waals surface area contributed by atoms with Crippen LogP contribution in [-0.2, 0) is 22.5 Å². The highest BCUT2D eigenvalue weighted by Crippen LogP contribution is 2.25. The summed E-state index contributed by atoms with van der Waals surface area (Å²) >= 11 is 3.31. The molecule has 0 fully saturated rings. The molecule has 4 nitrogen and oxygen atoms in total. The smallest absolute Gasteiger partial charge is 0.310 e. The second-order valence-electron chi connectivity index (χ2n) is 3.14. The summed E-state index contributed by atoms with van der Waals surface area (Å²) in [7, 11) is 1.32. The average Bonchev–Trinajstić information content (AvgIpc) is 2.29. The fourth-order valence-electron chi connectivity index (χ4n) is 1.31. The maximum Gasteiger partial charge on any atom is 0.310 e. The van der Waals surface area contributed by atoms with E-state index >= 15 is 0 Å². The Hall–Kier alpha value is -1.38. The Balaban J connectivity index is 3.17. The Labute approximate surface area is 102 Å². The van der Waals surface area contributed by atoms with E-state index in [9.17, 15) is 4.79 Å². The lowest BCUT2D eigenvalue weighted by Crippen LogP contribution is -2.08. The first kappa shape index (κ1) is 12.7. The van der Waals surface area contributed by atoms with Crippen LogP contribution < -0.4 is 5.73 Å².